The first-order chi connectivity index (χ1) is 12.2. The molecular weight excluding hydrogens is 358 g/mol. The molecule has 5 nitrogen and oxygen atoms in total. The number of methoxy groups -OCH3 is 1. The summed E-state index contributed by atoms with van der Waals surface area (Å²) in [6, 6.07) is 13.6. The van der Waals surface area contributed by atoms with E-state index in [9.17, 15) is 0 Å². The van der Waals surface area contributed by atoms with Crippen LogP contribution < -0.4 is 20.3 Å². The van der Waals surface area contributed by atoms with Gasteiger partial charge in [0.25, 0.3) is 0 Å². The van der Waals surface area contributed by atoms with Crippen molar-refractivity contribution in [1.82, 2.24) is 0 Å². The van der Waals surface area contributed by atoms with Gasteiger partial charge in [0.1, 0.15) is 5.75 Å². The van der Waals surface area contributed by atoms with E-state index in [4.69, 9.17) is 33.3 Å². The summed E-state index contributed by atoms with van der Waals surface area (Å²) < 4.78 is 10.5. The molecule has 2 N–H and O–H groups in total. The smallest absolute Gasteiger partial charge is 0.175 e. The number of hydrogen-bond donors (Lipinski definition) is 2. The Morgan fingerprint density at radius 1 is 1.08 bits per heavy atom. The number of hydrogen-bond acceptors (Lipinski definition) is 4. The molecule has 7 heteroatoms. The monoisotopic (exact) mass is 377 g/mol. The number of thiocarbonyl (C=S) groups is 1. The van der Waals surface area contributed by atoms with E-state index in [1.165, 1.54) is 5.69 Å². The highest BCUT2D eigenvalue weighted by atomic mass is 35.5. The highest BCUT2D eigenvalue weighted by Crippen LogP contribution is 2.27. The van der Waals surface area contributed by atoms with E-state index < -0.39 is 0 Å². The molecule has 2 aromatic rings. The Labute approximate surface area is 157 Å². The fourth-order valence-corrected chi connectivity index (χ4v) is 3.11. The van der Waals surface area contributed by atoms with Crippen LogP contribution in [0.3, 0.4) is 0 Å². The summed E-state index contributed by atoms with van der Waals surface area (Å²) in [4.78, 5) is 2.31. The van der Waals surface area contributed by atoms with Gasteiger partial charge in [-0.2, -0.15) is 0 Å². The van der Waals surface area contributed by atoms with Gasteiger partial charge in [0.2, 0.25) is 0 Å². The van der Waals surface area contributed by atoms with Gasteiger partial charge in [-0.05, 0) is 54.7 Å². The van der Waals surface area contributed by atoms with Gasteiger partial charge in [-0.25, -0.2) is 0 Å². The molecule has 0 bridgehead atoms. The summed E-state index contributed by atoms with van der Waals surface area (Å²) in [5, 5.41) is 7.32. The molecule has 0 atom stereocenters. The third-order valence-electron chi connectivity index (χ3n) is 3.91. The zero-order valence-corrected chi connectivity index (χ0v) is 15.5. The van der Waals surface area contributed by atoms with Crippen molar-refractivity contribution in [2.24, 2.45) is 0 Å². The topological polar surface area (TPSA) is 45.8 Å². The number of benzene rings is 2. The first-order valence-corrected chi connectivity index (χ1v) is 8.78. The van der Waals surface area contributed by atoms with E-state index >= 15 is 0 Å². The number of nitrogens with one attached hydrogen (secondary N) is 2. The number of morpholine rings is 1. The van der Waals surface area contributed by atoms with Crippen LogP contribution in [0.2, 0.25) is 5.02 Å². The number of rotatable bonds is 4. The van der Waals surface area contributed by atoms with Crippen molar-refractivity contribution < 1.29 is 9.47 Å². The maximum atomic E-state index is 6.12. The van der Waals surface area contributed by atoms with Gasteiger partial charge in [-0.1, -0.05) is 11.6 Å². The van der Waals surface area contributed by atoms with Gasteiger partial charge in [-0.15, -0.1) is 0 Å². The highest BCUT2D eigenvalue weighted by molar-refractivity contribution is 7.80. The summed E-state index contributed by atoms with van der Waals surface area (Å²) in [7, 11) is 1.58. The van der Waals surface area contributed by atoms with Gasteiger partial charge in [0.05, 0.1) is 25.3 Å². The lowest BCUT2D eigenvalue weighted by Crippen LogP contribution is -2.36. The zero-order chi connectivity index (χ0) is 17.6. The van der Waals surface area contributed by atoms with Crippen molar-refractivity contribution in [1.29, 1.82) is 0 Å². The van der Waals surface area contributed by atoms with Crippen LogP contribution in [0.4, 0.5) is 17.1 Å². The molecule has 1 aliphatic rings. The van der Waals surface area contributed by atoms with Gasteiger partial charge in [-0.3, -0.25) is 0 Å². The molecule has 3 rings (SSSR count). The quantitative estimate of drug-likeness (QED) is 0.785. The van der Waals surface area contributed by atoms with Crippen LogP contribution in [0.15, 0.2) is 42.5 Å². The SMILES string of the molecule is COc1ccc(NC(=S)Nc2ccc(N3CCOCC3)cc2)cc1Cl. The zero-order valence-electron chi connectivity index (χ0n) is 13.9. The Balaban J connectivity index is 1.58. The molecular formula is C18H20ClN3O2S. The number of anilines is 3. The van der Waals surface area contributed by atoms with Crippen LogP contribution in [0.5, 0.6) is 5.75 Å². The first kappa shape index (κ1) is 17.8. The van der Waals surface area contributed by atoms with E-state index in [1.54, 1.807) is 19.2 Å². The predicted molar refractivity (Wildman–Crippen MR) is 107 cm³/mol. The van der Waals surface area contributed by atoms with Crippen molar-refractivity contribution in [3.05, 3.63) is 47.5 Å². The minimum Gasteiger partial charge on any atom is -0.495 e. The molecule has 132 valence electrons. The molecule has 0 aromatic heterocycles. The molecule has 1 aliphatic heterocycles. The average Bonchev–Trinajstić information content (AvgIpc) is 2.63. The van der Waals surface area contributed by atoms with E-state index in [0.717, 1.165) is 37.7 Å². The van der Waals surface area contributed by atoms with Crippen molar-refractivity contribution >= 4 is 46.0 Å². The van der Waals surface area contributed by atoms with Gasteiger partial charge >= 0.3 is 0 Å². The predicted octanol–water partition coefficient (Wildman–Crippen LogP) is 3.99. The number of halogens is 1. The lowest BCUT2D eigenvalue weighted by molar-refractivity contribution is 0.122. The molecule has 0 saturated carbocycles. The van der Waals surface area contributed by atoms with Gasteiger partial charge in [0, 0.05) is 30.2 Å². The Morgan fingerprint density at radius 3 is 2.36 bits per heavy atom. The van der Waals surface area contributed by atoms with Crippen LogP contribution in [0.25, 0.3) is 0 Å². The largest absolute Gasteiger partial charge is 0.495 e. The van der Waals surface area contributed by atoms with Crippen LogP contribution in [-0.2, 0) is 4.74 Å². The Kier molecular flexibility index (Phi) is 5.96. The second-order valence-electron chi connectivity index (χ2n) is 5.57. The standard InChI is InChI=1S/C18H20ClN3O2S/c1-23-17-7-4-14(12-16(17)19)21-18(25)20-13-2-5-15(6-3-13)22-8-10-24-11-9-22/h2-7,12H,8-11H2,1H3,(H2,20,21,25). The van der Waals surface area contributed by atoms with Crippen LogP contribution in [0.1, 0.15) is 0 Å². The number of ether oxygens (including phenoxy) is 2. The van der Waals surface area contributed by atoms with Crippen LogP contribution in [-0.4, -0.2) is 38.5 Å². The summed E-state index contributed by atoms with van der Waals surface area (Å²) in [5.41, 5.74) is 2.91. The minimum atomic E-state index is 0.500. The third kappa shape index (κ3) is 4.75. The molecule has 0 amide bonds. The summed E-state index contributed by atoms with van der Waals surface area (Å²) in [6.45, 7) is 3.40. The summed E-state index contributed by atoms with van der Waals surface area (Å²) in [5.74, 6) is 0.629. The highest BCUT2D eigenvalue weighted by Gasteiger charge is 2.11. The summed E-state index contributed by atoms with van der Waals surface area (Å²) >= 11 is 11.5. The van der Waals surface area contributed by atoms with Gasteiger partial charge < -0.3 is 25.0 Å². The van der Waals surface area contributed by atoms with Crippen molar-refractivity contribution in [2.45, 2.75) is 0 Å². The average molecular weight is 378 g/mol. The molecule has 25 heavy (non-hydrogen) atoms. The van der Waals surface area contributed by atoms with Crippen LogP contribution >= 0.6 is 23.8 Å². The molecule has 1 fully saturated rings. The van der Waals surface area contributed by atoms with Crippen molar-refractivity contribution in [3.63, 3.8) is 0 Å². The van der Waals surface area contributed by atoms with E-state index in [0.29, 0.717) is 15.9 Å². The Bertz CT molecular complexity index is 734. The summed E-state index contributed by atoms with van der Waals surface area (Å²) in [6.07, 6.45) is 0. The molecule has 1 heterocycles. The Morgan fingerprint density at radius 2 is 1.72 bits per heavy atom. The molecule has 0 radical (unpaired) electrons. The van der Waals surface area contributed by atoms with Crippen LogP contribution in [0, 0.1) is 0 Å². The molecule has 1 saturated heterocycles. The lowest BCUT2D eigenvalue weighted by Gasteiger charge is -2.29. The fraction of sp³-hybridized carbons (Fsp3) is 0.278. The van der Waals surface area contributed by atoms with E-state index in [1.807, 2.05) is 18.2 Å². The third-order valence-corrected chi connectivity index (χ3v) is 4.41. The normalized spacial score (nSPS) is 14.1. The number of nitrogens with zero attached hydrogens (tertiary/aromatic N) is 1. The van der Waals surface area contributed by atoms with Crippen molar-refractivity contribution in [2.75, 3.05) is 48.9 Å². The minimum absolute atomic E-state index is 0.500. The first-order valence-electron chi connectivity index (χ1n) is 8.00. The maximum Gasteiger partial charge on any atom is 0.175 e. The lowest BCUT2D eigenvalue weighted by atomic mass is 10.2. The van der Waals surface area contributed by atoms with Gasteiger partial charge in [0.15, 0.2) is 5.11 Å². The Hall–Kier alpha value is -2.02. The molecule has 0 aliphatic carbocycles. The van der Waals surface area contributed by atoms with E-state index in [-0.39, 0.29) is 0 Å². The second-order valence-corrected chi connectivity index (χ2v) is 6.39. The molecule has 0 unspecified atom stereocenters. The fourth-order valence-electron chi connectivity index (χ4n) is 2.61. The van der Waals surface area contributed by atoms with Crippen molar-refractivity contribution in [3.8, 4) is 5.75 Å². The molecule has 2 aromatic carbocycles. The molecule has 0 spiro atoms. The second kappa shape index (κ2) is 8.38. The van der Waals surface area contributed by atoms with E-state index in [2.05, 4.69) is 27.7 Å². The maximum absolute atomic E-state index is 6.12.